The maximum atomic E-state index is 5.66. The highest BCUT2D eigenvalue weighted by Crippen LogP contribution is 2.29. The number of rotatable bonds is 4. The van der Waals surface area contributed by atoms with Crippen molar-refractivity contribution in [3.05, 3.63) is 23.8 Å². The monoisotopic (exact) mass is 211 g/mol. The van der Waals surface area contributed by atoms with E-state index in [2.05, 4.69) is 25.3 Å². The Kier molecular flexibility index (Phi) is 4.29. The van der Waals surface area contributed by atoms with E-state index < -0.39 is 0 Å². The number of benzene rings is 1. The molecule has 1 aromatic rings. The SMILES string of the molecule is COc1ccc(SC)cc1C(C)CN. The lowest BCUT2D eigenvalue weighted by atomic mass is 10.0. The van der Waals surface area contributed by atoms with Crippen molar-refractivity contribution in [1.82, 2.24) is 0 Å². The van der Waals surface area contributed by atoms with Crippen LogP contribution >= 0.6 is 11.8 Å². The zero-order chi connectivity index (χ0) is 10.6. The van der Waals surface area contributed by atoms with Crippen LogP contribution in [0, 0.1) is 0 Å². The molecular formula is C11H17NOS. The molecule has 1 unspecified atom stereocenters. The van der Waals surface area contributed by atoms with Crippen LogP contribution in [0.2, 0.25) is 0 Å². The average molecular weight is 211 g/mol. The molecule has 0 bridgehead atoms. The van der Waals surface area contributed by atoms with Gasteiger partial charge in [0.25, 0.3) is 0 Å². The topological polar surface area (TPSA) is 35.2 Å². The number of hydrogen-bond donors (Lipinski definition) is 1. The first-order valence-corrected chi connectivity index (χ1v) is 5.87. The minimum absolute atomic E-state index is 0.344. The third-order valence-electron chi connectivity index (χ3n) is 2.32. The van der Waals surface area contributed by atoms with E-state index in [1.807, 2.05) is 6.07 Å². The van der Waals surface area contributed by atoms with Crippen LogP contribution in [0.3, 0.4) is 0 Å². The van der Waals surface area contributed by atoms with Crippen molar-refractivity contribution in [1.29, 1.82) is 0 Å². The quantitative estimate of drug-likeness (QED) is 0.777. The normalized spacial score (nSPS) is 12.6. The fraction of sp³-hybridized carbons (Fsp3) is 0.455. The first-order valence-electron chi connectivity index (χ1n) is 4.65. The Morgan fingerprint density at radius 2 is 2.21 bits per heavy atom. The predicted molar refractivity (Wildman–Crippen MR) is 62.2 cm³/mol. The van der Waals surface area contributed by atoms with Gasteiger partial charge in [0.2, 0.25) is 0 Å². The number of thioether (sulfide) groups is 1. The minimum atomic E-state index is 0.344. The first kappa shape index (κ1) is 11.4. The zero-order valence-corrected chi connectivity index (χ0v) is 9.73. The molecule has 0 heterocycles. The smallest absolute Gasteiger partial charge is 0.122 e. The molecule has 0 aliphatic heterocycles. The van der Waals surface area contributed by atoms with Crippen LogP contribution in [0.4, 0.5) is 0 Å². The minimum Gasteiger partial charge on any atom is -0.496 e. The molecule has 14 heavy (non-hydrogen) atoms. The van der Waals surface area contributed by atoms with E-state index >= 15 is 0 Å². The van der Waals surface area contributed by atoms with Gasteiger partial charge in [-0.05, 0) is 42.5 Å². The van der Waals surface area contributed by atoms with Crippen LogP contribution in [0.15, 0.2) is 23.1 Å². The molecular weight excluding hydrogens is 194 g/mol. The van der Waals surface area contributed by atoms with Crippen molar-refractivity contribution in [3.8, 4) is 5.75 Å². The average Bonchev–Trinajstić information content (AvgIpc) is 2.27. The van der Waals surface area contributed by atoms with Gasteiger partial charge in [0.1, 0.15) is 5.75 Å². The van der Waals surface area contributed by atoms with E-state index in [0.29, 0.717) is 12.5 Å². The Labute approximate surface area is 89.8 Å². The van der Waals surface area contributed by atoms with Crippen molar-refractivity contribution in [3.63, 3.8) is 0 Å². The molecule has 1 aromatic carbocycles. The molecule has 2 nitrogen and oxygen atoms in total. The van der Waals surface area contributed by atoms with Gasteiger partial charge in [0.05, 0.1) is 7.11 Å². The third-order valence-corrected chi connectivity index (χ3v) is 3.05. The molecule has 0 saturated heterocycles. The van der Waals surface area contributed by atoms with E-state index in [1.165, 1.54) is 10.5 Å². The molecule has 0 aromatic heterocycles. The second-order valence-electron chi connectivity index (χ2n) is 3.24. The summed E-state index contributed by atoms with van der Waals surface area (Å²) < 4.78 is 5.30. The van der Waals surface area contributed by atoms with Crippen LogP contribution in [-0.2, 0) is 0 Å². The summed E-state index contributed by atoms with van der Waals surface area (Å²) in [6.45, 7) is 2.76. The lowest BCUT2D eigenvalue weighted by Gasteiger charge is -2.14. The van der Waals surface area contributed by atoms with E-state index in [1.54, 1.807) is 18.9 Å². The van der Waals surface area contributed by atoms with Gasteiger partial charge >= 0.3 is 0 Å². The fourth-order valence-electron chi connectivity index (χ4n) is 1.35. The molecule has 0 saturated carbocycles. The van der Waals surface area contributed by atoms with E-state index in [9.17, 15) is 0 Å². The van der Waals surface area contributed by atoms with Gasteiger partial charge in [-0.3, -0.25) is 0 Å². The summed E-state index contributed by atoms with van der Waals surface area (Å²) in [5.41, 5.74) is 6.85. The molecule has 0 fully saturated rings. The van der Waals surface area contributed by atoms with Crippen LogP contribution in [-0.4, -0.2) is 19.9 Å². The van der Waals surface area contributed by atoms with Crippen molar-refractivity contribution in [2.75, 3.05) is 19.9 Å². The number of hydrogen-bond acceptors (Lipinski definition) is 3. The summed E-state index contributed by atoms with van der Waals surface area (Å²) in [4.78, 5) is 1.25. The largest absolute Gasteiger partial charge is 0.496 e. The first-order chi connectivity index (χ1) is 6.72. The molecule has 0 amide bonds. The lowest BCUT2D eigenvalue weighted by molar-refractivity contribution is 0.406. The van der Waals surface area contributed by atoms with E-state index in [4.69, 9.17) is 10.5 Å². The van der Waals surface area contributed by atoms with Crippen LogP contribution < -0.4 is 10.5 Å². The second kappa shape index (κ2) is 5.27. The third kappa shape index (κ3) is 2.42. The summed E-state index contributed by atoms with van der Waals surface area (Å²) in [5, 5.41) is 0. The van der Waals surface area contributed by atoms with Crippen LogP contribution in [0.5, 0.6) is 5.75 Å². The maximum Gasteiger partial charge on any atom is 0.122 e. The van der Waals surface area contributed by atoms with Crippen molar-refractivity contribution >= 4 is 11.8 Å². The lowest BCUT2D eigenvalue weighted by Crippen LogP contribution is -2.10. The molecule has 0 aliphatic rings. The van der Waals surface area contributed by atoms with Crippen LogP contribution in [0.1, 0.15) is 18.4 Å². The second-order valence-corrected chi connectivity index (χ2v) is 4.12. The Bertz CT molecular complexity index is 301. The highest BCUT2D eigenvalue weighted by atomic mass is 32.2. The van der Waals surface area contributed by atoms with E-state index in [0.717, 1.165) is 5.75 Å². The molecule has 3 heteroatoms. The molecule has 1 atom stereocenters. The summed E-state index contributed by atoms with van der Waals surface area (Å²) >= 11 is 1.73. The highest BCUT2D eigenvalue weighted by Gasteiger charge is 2.10. The summed E-state index contributed by atoms with van der Waals surface area (Å²) in [6.07, 6.45) is 2.07. The number of methoxy groups -OCH3 is 1. The van der Waals surface area contributed by atoms with Crippen molar-refractivity contribution < 1.29 is 4.74 Å². The van der Waals surface area contributed by atoms with Crippen LogP contribution in [0.25, 0.3) is 0 Å². The van der Waals surface area contributed by atoms with Gasteiger partial charge in [-0.25, -0.2) is 0 Å². The number of nitrogens with two attached hydrogens (primary N) is 1. The summed E-state index contributed by atoms with van der Waals surface area (Å²) in [7, 11) is 1.70. The predicted octanol–water partition coefficient (Wildman–Crippen LogP) is 2.48. The Balaban J connectivity index is 3.08. The highest BCUT2D eigenvalue weighted by molar-refractivity contribution is 7.98. The fourth-order valence-corrected chi connectivity index (χ4v) is 1.80. The maximum absolute atomic E-state index is 5.66. The molecule has 2 N–H and O–H groups in total. The van der Waals surface area contributed by atoms with Gasteiger partial charge in [0.15, 0.2) is 0 Å². The Morgan fingerprint density at radius 3 is 2.71 bits per heavy atom. The van der Waals surface area contributed by atoms with Crippen molar-refractivity contribution in [2.24, 2.45) is 5.73 Å². The Hall–Kier alpha value is -0.670. The van der Waals surface area contributed by atoms with Gasteiger partial charge in [-0.15, -0.1) is 11.8 Å². The number of ether oxygens (including phenoxy) is 1. The molecule has 0 radical (unpaired) electrons. The van der Waals surface area contributed by atoms with E-state index in [-0.39, 0.29) is 0 Å². The molecule has 0 spiro atoms. The van der Waals surface area contributed by atoms with Crippen molar-refractivity contribution in [2.45, 2.75) is 17.7 Å². The molecule has 1 rings (SSSR count). The van der Waals surface area contributed by atoms with Gasteiger partial charge in [0, 0.05) is 4.90 Å². The summed E-state index contributed by atoms with van der Waals surface area (Å²) in [5.74, 6) is 1.28. The van der Waals surface area contributed by atoms with Gasteiger partial charge in [-0.2, -0.15) is 0 Å². The Morgan fingerprint density at radius 1 is 1.50 bits per heavy atom. The standard InChI is InChI=1S/C11H17NOS/c1-8(7-12)10-6-9(14-3)4-5-11(10)13-2/h4-6,8H,7,12H2,1-3H3. The zero-order valence-electron chi connectivity index (χ0n) is 8.91. The molecule has 78 valence electrons. The van der Waals surface area contributed by atoms with Gasteiger partial charge < -0.3 is 10.5 Å². The van der Waals surface area contributed by atoms with Gasteiger partial charge in [-0.1, -0.05) is 6.92 Å². The summed E-state index contributed by atoms with van der Waals surface area (Å²) in [6, 6.07) is 6.23. The molecule has 0 aliphatic carbocycles.